The molecule has 0 spiro atoms. The molecule has 0 bridgehead atoms. The quantitative estimate of drug-likeness (QED) is 0.898. The van der Waals surface area contributed by atoms with E-state index in [0.29, 0.717) is 24.6 Å². The lowest BCUT2D eigenvalue weighted by Crippen LogP contribution is -2.09. The van der Waals surface area contributed by atoms with Crippen molar-refractivity contribution < 1.29 is 4.39 Å². The molecular weight excluding hydrogens is 229 g/mol. The van der Waals surface area contributed by atoms with Crippen molar-refractivity contribution in [1.82, 2.24) is 9.78 Å². The maximum Gasteiger partial charge on any atom is 0.149 e. The molecule has 0 saturated heterocycles. The number of nitrogens with zero attached hydrogens (tertiary/aromatic N) is 2. The SMILES string of the molecule is NCCc1cccc(F)c1-n1ccc(C2CC2)n1. The van der Waals surface area contributed by atoms with E-state index >= 15 is 0 Å². The first-order chi connectivity index (χ1) is 8.79. The summed E-state index contributed by atoms with van der Waals surface area (Å²) >= 11 is 0. The van der Waals surface area contributed by atoms with Gasteiger partial charge in [0.2, 0.25) is 0 Å². The van der Waals surface area contributed by atoms with Crippen LogP contribution in [-0.4, -0.2) is 16.3 Å². The van der Waals surface area contributed by atoms with E-state index in [1.165, 1.54) is 18.9 Å². The molecule has 0 amide bonds. The first kappa shape index (κ1) is 11.4. The molecule has 2 N–H and O–H groups in total. The summed E-state index contributed by atoms with van der Waals surface area (Å²) in [6.45, 7) is 0.507. The van der Waals surface area contributed by atoms with Crippen LogP contribution in [0.3, 0.4) is 0 Å². The molecule has 0 aliphatic heterocycles. The Balaban J connectivity index is 2.02. The lowest BCUT2D eigenvalue weighted by molar-refractivity contribution is 0.606. The van der Waals surface area contributed by atoms with Gasteiger partial charge in [0.05, 0.1) is 5.69 Å². The van der Waals surface area contributed by atoms with Crippen molar-refractivity contribution in [3.8, 4) is 5.69 Å². The topological polar surface area (TPSA) is 43.8 Å². The molecule has 1 aliphatic rings. The van der Waals surface area contributed by atoms with E-state index in [1.54, 1.807) is 10.7 Å². The molecule has 1 aromatic heterocycles. The summed E-state index contributed by atoms with van der Waals surface area (Å²) in [7, 11) is 0. The van der Waals surface area contributed by atoms with Gasteiger partial charge in [0.1, 0.15) is 11.5 Å². The van der Waals surface area contributed by atoms with Crippen LogP contribution in [0.15, 0.2) is 30.5 Å². The summed E-state index contributed by atoms with van der Waals surface area (Å²) < 4.78 is 15.6. The van der Waals surface area contributed by atoms with Gasteiger partial charge < -0.3 is 5.73 Å². The third-order valence-corrected chi connectivity index (χ3v) is 3.32. The summed E-state index contributed by atoms with van der Waals surface area (Å²) in [5, 5.41) is 4.48. The second kappa shape index (κ2) is 4.53. The summed E-state index contributed by atoms with van der Waals surface area (Å²) in [5.74, 6) is 0.336. The van der Waals surface area contributed by atoms with E-state index in [4.69, 9.17) is 5.73 Å². The third kappa shape index (κ3) is 2.04. The maximum atomic E-state index is 14.0. The first-order valence-electron chi connectivity index (χ1n) is 6.33. The van der Waals surface area contributed by atoms with E-state index in [9.17, 15) is 4.39 Å². The van der Waals surface area contributed by atoms with Crippen LogP contribution in [0.2, 0.25) is 0 Å². The summed E-state index contributed by atoms with van der Waals surface area (Å²) in [4.78, 5) is 0. The minimum Gasteiger partial charge on any atom is -0.330 e. The molecular formula is C14H16FN3. The van der Waals surface area contributed by atoms with Crippen LogP contribution in [0.4, 0.5) is 4.39 Å². The van der Waals surface area contributed by atoms with Gasteiger partial charge in [0.25, 0.3) is 0 Å². The molecule has 1 aromatic carbocycles. The Morgan fingerprint density at radius 1 is 1.33 bits per heavy atom. The van der Waals surface area contributed by atoms with E-state index in [-0.39, 0.29) is 5.82 Å². The Hall–Kier alpha value is -1.68. The van der Waals surface area contributed by atoms with Crippen LogP contribution in [-0.2, 0) is 6.42 Å². The van der Waals surface area contributed by atoms with Crippen molar-refractivity contribution in [2.75, 3.05) is 6.54 Å². The van der Waals surface area contributed by atoms with Crippen LogP contribution in [0.1, 0.15) is 30.0 Å². The van der Waals surface area contributed by atoms with Crippen LogP contribution >= 0.6 is 0 Å². The summed E-state index contributed by atoms with van der Waals surface area (Å²) in [6.07, 6.45) is 4.89. The molecule has 94 valence electrons. The summed E-state index contributed by atoms with van der Waals surface area (Å²) in [5.41, 5.74) is 8.08. The zero-order chi connectivity index (χ0) is 12.5. The highest BCUT2D eigenvalue weighted by Gasteiger charge is 2.26. The molecule has 3 rings (SSSR count). The highest BCUT2D eigenvalue weighted by molar-refractivity contribution is 5.42. The van der Waals surface area contributed by atoms with E-state index in [0.717, 1.165) is 11.3 Å². The van der Waals surface area contributed by atoms with Crippen LogP contribution in [0, 0.1) is 5.82 Å². The second-order valence-electron chi connectivity index (χ2n) is 4.75. The normalized spacial score (nSPS) is 15.0. The van der Waals surface area contributed by atoms with Gasteiger partial charge in [-0.3, -0.25) is 0 Å². The van der Waals surface area contributed by atoms with Crippen molar-refractivity contribution in [2.24, 2.45) is 5.73 Å². The number of hydrogen-bond acceptors (Lipinski definition) is 2. The van der Waals surface area contributed by atoms with Gasteiger partial charge in [-0.05, 0) is 43.5 Å². The van der Waals surface area contributed by atoms with Crippen LogP contribution < -0.4 is 5.73 Å². The Labute approximate surface area is 105 Å². The number of halogens is 1. The summed E-state index contributed by atoms with van der Waals surface area (Å²) in [6, 6.07) is 7.07. The van der Waals surface area contributed by atoms with Gasteiger partial charge in [-0.2, -0.15) is 5.10 Å². The van der Waals surface area contributed by atoms with Gasteiger partial charge in [-0.1, -0.05) is 12.1 Å². The van der Waals surface area contributed by atoms with Gasteiger partial charge in [0, 0.05) is 12.1 Å². The molecule has 1 heterocycles. The van der Waals surface area contributed by atoms with Crippen molar-refractivity contribution in [1.29, 1.82) is 0 Å². The van der Waals surface area contributed by atoms with Gasteiger partial charge in [-0.25, -0.2) is 9.07 Å². The van der Waals surface area contributed by atoms with E-state index < -0.39 is 0 Å². The molecule has 1 aliphatic carbocycles. The lowest BCUT2D eigenvalue weighted by atomic mass is 10.1. The van der Waals surface area contributed by atoms with Gasteiger partial charge >= 0.3 is 0 Å². The standard InChI is InChI=1S/C14H16FN3/c15-12-3-1-2-11(6-8-16)14(12)18-9-7-13(17-18)10-4-5-10/h1-3,7,9-10H,4-6,8,16H2. The van der Waals surface area contributed by atoms with Gasteiger partial charge in [-0.15, -0.1) is 0 Å². The van der Waals surface area contributed by atoms with Crippen molar-refractivity contribution in [3.63, 3.8) is 0 Å². The minimum atomic E-state index is -0.244. The van der Waals surface area contributed by atoms with Crippen LogP contribution in [0.25, 0.3) is 5.69 Å². The maximum absolute atomic E-state index is 14.0. The highest BCUT2D eigenvalue weighted by Crippen LogP contribution is 2.39. The van der Waals surface area contributed by atoms with Crippen molar-refractivity contribution in [2.45, 2.75) is 25.2 Å². The lowest BCUT2D eigenvalue weighted by Gasteiger charge is -2.09. The third-order valence-electron chi connectivity index (χ3n) is 3.32. The Kier molecular flexibility index (Phi) is 2.88. The Morgan fingerprint density at radius 2 is 2.17 bits per heavy atom. The molecule has 18 heavy (non-hydrogen) atoms. The van der Waals surface area contributed by atoms with Crippen molar-refractivity contribution >= 4 is 0 Å². The Morgan fingerprint density at radius 3 is 2.89 bits per heavy atom. The fourth-order valence-electron chi connectivity index (χ4n) is 2.23. The molecule has 4 heteroatoms. The molecule has 1 fully saturated rings. The number of para-hydroxylation sites is 1. The Bertz CT molecular complexity index is 558. The fourth-order valence-corrected chi connectivity index (χ4v) is 2.23. The molecule has 1 saturated carbocycles. The molecule has 0 radical (unpaired) electrons. The van der Waals surface area contributed by atoms with E-state index in [1.807, 2.05) is 18.3 Å². The average molecular weight is 245 g/mol. The molecule has 0 unspecified atom stereocenters. The van der Waals surface area contributed by atoms with Crippen LogP contribution in [0.5, 0.6) is 0 Å². The molecule has 3 nitrogen and oxygen atoms in total. The smallest absolute Gasteiger partial charge is 0.149 e. The average Bonchev–Trinajstić information content (AvgIpc) is 3.10. The zero-order valence-corrected chi connectivity index (χ0v) is 10.1. The predicted octanol–water partition coefficient (Wildman–Crippen LogP) is 2.39. The number of hydrogen-bond donors (Lipinski definition) is 1. The highest BCUT2D eigenvalue weighted by atomic mass is 19.1. The van der Waals surface area contributed by atoms with Gasteiger partial charge in [0.15, 0.2) is 0 Å². The monoisotopic (exact) mass is 245 g/mol. The number of aromatic nitrogens is 2. The number of benzene rings is 1. The largest absolute Gasteiger partial charge is 0.330 e. The van der Waals surface area contributed by atoms with E-state index in [2.05, 4.69) is 5.10 Å². The zero-order valence-electron chi connectivity index (χ0n) is 10.1. The first-order valence-corrected chi connectivity index (χ1v) is 6.33. The molecule has 2 aromatic rings. The minimum absolute atomic E-state index is 0.244. The second-order valence-corrected chi connectivity index (χ2v) is 4.75. The molecule has 0 atom stereocenters. The number of nitrogens with two attached hydrogens (primary N) is 1. The number of rotatable bonds is 4. The fraction of sp³-hybridized carbons (Fsp3) is 0.357. The predicted molar refractivity (Wildman–Crippen MR) is 68.3 cm³/mol. The van der Waals surface area contributed by atoms with Crippen molar-refractivity contribution in [3.05, 3.63) is 47.5 Å².